The number of pyridine rings is 1. The van der Waals surface area contributed by atoms with Gasteiger partial charge >= 0.3 is 6.03 Å². The van der Waals surface area contributed by atoms with E-state index in [1.54, 1.807) is 0 Å². The van der Waals surface area contributed by atoms with Gasteiger partial charge in [-0.05, 0) is 30.9 Å². The normalized spacial score (nSPS) is 18.0. The maximum absolute atomic E-state index is 12.5. The van der Waals surface area contributed by atoms with Crippen LogP contribution in [0.5, 0.6) is 0 Å². The third kappa shape index (κ3) is 3.21. The van der Waals surface area contributed by atoms with E-state index in [-0.39, 0.29) is 24.6 Å². The van der Waals surface area contributed by atoms with Gasteiger partial charge in [0.1, 0.15) is 0 Å². The van der Waals surface area contributed by atoms with Gasteiger partial charge in [-0.2, -0.15) is 0 Å². The monoisotopic (exact) mass is 331 g/mol. The quantitative estimate of drug-likeness (QED) is 0.782. The summed E-state index contributed by atoms with van der Waals surface area (Å²) in [6.07, 6.45) is 5.59. The van der Waals surface area contributed by atoms with Gasteiger partial charge in [0.05, 0.1) is 18.2 Å². The first kappa shape index (κ1) is 16.7. The Labute approximate surface area is 141 Å². The van der Waals surface area contributed by atoms with Crippen LogP contribution in [0.15, 0.2) is 24.4 Å². The summed E-state index contributed by atoms with van der Waals surface area (Å²) in [5.41, 5.74) is 0.265. The fourth-order valence-electron chi connectivity index (χ4n) is 3.39. The molecule has 1 aliphatic carbocycles. The Morgan fingerprint density at radius 3 is 2.75 bits per heavy atom. The molecule has 2 heterocycles. The summed E-state index contributed by atoms with van der Waals surface area (Å²) in [5, 5.41) is 24.1. The molecule has 3 rings (SSSR count). The first-order chi connectivity index (χ1) is 11.5. The van der Waals surface area contributed by atoms with E-state index in [0.29, 0.717) is 5.82 Å². The van der Waals surface area contributed by atoms with Gasteiger partial charge in [0.2, 0.25) is 0 Å². The third-order valence-corrected chi connectivity index (χ3v) is 4.81. The molecule has 0 spiro atoms. The Morgan fingerprint density at radius 1 is 1.33 bits per heavy atom. The number of carbonyl (C=O) groups is 1. The Bertz CT molecular complexity index is 706. The average molecular weight is 331 g/mol. The molecule has 2 aromatic rings. The fraction of sp³-hybridized carbons (Fsp3) is 0.588. The van der Waals surface area contributed by atoms with Gasteiger partial charge in [-0.3, -0.25) is 4.40 Å². The number of rotatable bonds is 5. The number of urea groups is 1. The van der Waals surface area contributed by atoms with Crippen LogP contribution in [-0.4, -0.2) is 37.9 Å². The van der Waals surface area contributed by atoms with Crippen LogP contribution in [0, 0.1) is 5.92 Å². The average Bonchev–Trinajstić information content (AvgIpc) is 3.20. The van der Waals surface area contributed by atoms with Crippen molar-refractivity contribution in [1.82, 2.24) is 25.2 Å². The highest BCUT2D eigenvalue weighted by Gasteiger charge is 2.35. The lowest BCUT2D eigenvalue weighted by atomic mass is 9.99. The van der Waals surface area contributed by atoms with Gasteiger partial charge in [-0.15, -0.1) is 10.2 Å². The molecule has 2 amide bonds. The first-order valence-corrected chi connectivity index (χ1v) is 8.54. The molecule has 1 fully saturated rings. The summed E-state index contributed by atoms with van der Waals surface area (Å²) in [6.45, 7) is 4.04. The van der Waals surface area contributed by atoms with Crippen molar-refractivity contribution in [3.05, 3.63) is 30.2 Å². The zero-order valence-corrected chi connectivity index (χ0v) is 14.2. The van der Waals surface area contributed by atoms with E-state index in [1.165, 1.54) is 0 Å². The Balaban J connectivity index is 1.78. The number of nitrogens with one attached hydrogen (secondary N) is 2. The number of nitrogens with zero attached hydrogens (tertiary/aromatic N) is 3. The molecule has 0 radical (unpaired) electrons. The van der Waals surface area contributed by atoms with Crippen molar-refractivity contribution in [3.63, 3.8) is 0 Å². The lowest BCUT2D eigenvalue weighted by molar-refractivity contribution is 0.160. The van der Waals surface area contributed by atoms with Crippen molar-refractivity contribution >= 4 is 11.7 Å². The molecule has 7 nitrogen and oxygen atoms in total. The predicted molar refractivity (Wildman–Crippen MR) is 90.5 cm³/mol. The minimum atomic E-state index is -0.488. The number of aromatic nitrogens is 3. The van der Waals surface area contributed by atoms with Crippen molar-refractivity contribution in [3.8, 4) is 0 Å². The van der Waals surface area contributed by atoms with Crippen molar-refractivity contribution in [2.75, 3.05) is 6.61 Å². The van der Waals surface area contributed by atoms with Crippen LogP contribution in [-0.2, 0) is 0 Å². The number of amides is 2. The van der Waals surface area contributed by atoms with E-state index in [9.17, 15) is 9.90 Å². The van der Waals surface area contributed by atoms with Crippen LogP contribution in [0.4, 0.5) is 4.79 Å². The maximum atomic E-state index is 12.5. The highest BCUT2D eigenvalue weighted by molar-refractivity contribution is 5.75. The van der Waals surface area contributed by atoms with Gasteiger partial charge in [-0.25, -0.2) is 4.79 Å². The molecule has 3 N–H and O–H groups in total. The summed E-state index contributed by atoms with van der Waals surface area (Å²) in [7, 11) is 0. The summed E-state index contributed by atoms with van der Waals surface area (Å²) < 4.78 is 1.89. The van der Waals surface area contributed by atoms with Gasteiger partial charge in [0.25, 0.3) is 0 Å². The molecule has 130 valence electrons. The highest BCUT2D eigenvalue weighted by atomic mass is 16.3. The van der Waals surface area contributed by atoms with Crippen molar-refractivity contribution < 1.29 is 9.90 Å². The van der Waals surface area contributed by atoms with Crippen LogP contribution in [0.1, 0.15) is 51.4 Å². The lowest BCUT2D eigenvalue weighted by Gasteiger charge is -2.30. The van der Waals surface area contributed by atoms with E-state index < -0.39 is 5.54 Å². The second-order valence-electron chi connectivity index (χ2n) is 6.95. The highest BCUT2D eigenvalue weighted by Crippen LogP contribution is 2.29. The first-order valence-electron chi connectivity index (χ1n) is 8.54. The van der Waals surface area contributed by atoms with Crippen LogP contribution in [0.3, 0.4) is 0 Å². The number of hydrogen-bond acceptors (Lipinski definition) is 4. The van der Waals surface area contributed by atoms with Gasteiger partial charge in [0, 0.05) is 6.20 Å². The number of aliphatic hydroxyl groups excluding tert-OH is 1. The molecule has 0 saturated heterocycles. The van der Waals surface area contributed by atoms with Gasteiger partial charge < -0.3 is 15.7 Å². The second-order valence-corrected chi connectivity index (χ2v) is 6.95. The summed E-state index contributed by atoms with van der Waals surface area (Å²) in [5.74, 6) is 0.859. The number of aliphatic hydroxyl groups is 1. The number of carbonyl (C=O) groups excluding carboxylic acids is 1. The van der Waals surface area contributed by atoms with Crippen molar-refractivity contribution in [2.45, 2.75) is 51.1 Å². The van der Waals surface area contributed by atoms with Crippen molar-refractivity contribution in [1.29, 1.82) is 0 Å². The molecular formula is C17H25N5O2. The molecule has 0 bridgehead atoms. The topological polar surface area (TPSA) is 91.5 Å². The molecule has 7 heteroatoms. The standard InChI is InChI=1S/C17H25N5O2/c1-12(2)14(15-21-20-13-7-3-6-10-22(13)15)18-16(24)19-17(11-23)8-4-5-9-17/h3,6-7,10,12,14,23H,4-5,8-9,11H2,1-2H3,(H2,18,19,24). The zero-order valence-electron chi connectivity index (χ0n) is 14.2. The van der Waals surface area contributed by atoms with Crippen LogP contribution >= 0.6 is 0 Å². The smallest absolute Gasteiger partial charge is 0.315 e. The fourth-order valence-corrected chi connectivity index (χ4v) is 3.39. The van der Waals surface area contributed by atoms with E-state index >= 15 is 0 Å². The Morgan fingerprint density at radius 2 is 2.08 bits per heavy atom. The molecule has 0 aromatic carbocycles. The molecule has 0 aliphatic heterocycles. The molecule has 1 unspecified atom stereocenters. The van der Waals surface area contributed by atoms with Gasteiger partial charge in [0.15, 0.2) is 11.5 Å². The van der Waals surface area contributed by atoms with E-state index in [2.05, 4.69) is 20.8 Å². The van der Waals surface area contributed by atoms with E-state index in [0.717, 1.165) is 31.3 Å². The number of hydrogen-bond donors (Lipinski definition) is 3. The molecular weight excluding hydrogens is 306 g/mol. The van der Waals surface area contributed by atoms with Crippen LogP contribution < -0.4 is 10.6 Å². The Kier molecular flexibility index (Phi) is 4.71. The number of fused-ring (bicyclic) bond motifs is 1. The molecule has 2 aromatic heterocycles. The molecule has 1 aliphatic rings. The lowest BCUT2D eigenvalue weighted by Crippen LogP contribution is -2.53. The zero-order chi connectivity index (χ0) is 17.2. The van der Waals surface area contributed by atoms with E-state index in [1.807, 2.05) is 42.6 Å². The largest absolute Gasteiger partial charge is 0.394 e. The summed E-state index contributed by atoms with van der Waals surface area (Å²) >= 11 is 0. The maximum Gasteiger partial charge on any atom is 0.315 e. The Hall–Kier alpha value is -2.15. The van der Waals surface area contributed by atoms with Crippen LogP contribution in [0.25, 0.3) is 5.65 Å². The molecule has 1 saturated carbocycles. The van der Waals surface area contributed by atoms with E-state index in [4.69, 9.17) is 0 Å². The molecule has 1 atom stereocenters. The molecule has 24 heavy (non-hydrogen) atoms. The predicted octanol–water partition coefficient (Wildman–Crippen LogP) is 2.03. The summed E-state index contributed by atoms with van der Waals surface area (Å²) in [6, 6.07) is 5.17. The minimum Gasteiger partial charge on any atom is -0.394 e. The summed E-state index contributed by atoms with van der Waals surface area (Å²) in [4.78, 5) is 12.5. The SMILES string of the molecule is CC(C)C(NC(=O)NC1(CO)CCCC1)c1nnc2ccccn12. The van der Waals surface area contributed by atoms with Gasteiger partial charge in [-0.1, -0.05) is 32.8 Å². The van der Waals surface area contributed by atoms with Crippen LogP contribution in [0.2, 0.25) is 0 Å². The second kappa shape index (κ2) is 6.76. The minimum absolute atomic E-state index is 0.0272. The third-order valence-electron chi connectivity index (χ3n) is 4.81. The van der Waals surface area contributed by atoms with Crippen molar-refractivity contribution in [2.24, 2.45) is 5.92 Å².